The molecule has 3 heterocycles. The molecule has 0 fully saturated rings. The van der Waals surface area contributed by atoms with Gasteiger partial charge < -0.3 is 9.64 Å². The number of nitrogens with zero attached hydrogens (tertiary/aromatic N) is 2. The van der Waals surface area contributed by atoms with Gasteiger partial charge in [0, 0.05) is 49.5 Å². The summed E-state index contributed by atoms with van der Waals surface area (Å²) < 4.78 is 8.18. The van der Waals surface area contributed by atoms with Crippen LogP contribution in [0.25, 0.3) is 11.3 Å². The van der Waals surface area contributed by atoms with Crippen molar-refractivity contribution in [2.24, 2.45) is 0 Å². The standard InChI is InChI=1S/C28H34N3O/c1-6-21-15-16-27-28(19(3)30(5)25(7-2)24(21)18-32-20(4)29)23-13-9-8-12-22(23)26-14-10-11-17-31(26)27/h7-14,17,27-29H,3,6,15-16,18H2,1-2,4-5H3/q+1/b24-21-,25-7-,29-20?. The van der Waals surface area contributed by atoms with E-state index < -0.39 is 0 Å². The van der Waals surface area contributed by atoms with Gasteiger partial charge in [-0.1, -0.05) is 43.4 Å². The molecular formula is C28H34N3O+. The predicted molar refractivity (Wildman–Crippen MR) is 130 cm³/mol. The Morgan fingerprint density at radius 1 is 1.25 bits per heavy atom. The highest BCUT2D eigenvalue weighted by Gasteiger charge is 2.43. The number of pyridine rings is 1. The molecule has 166 valence electrons. The summed E-state index contributed by atoms with van der Waals surface area (Å²) in [7, 11) is 2.12. The van der Waals surface area contributed by atoms with Crippen molar-refractivity contribution in [3.8, 4) is 11.3 Å². The normalized spacial score (nSPS) is 24.1. The van der Waals surface area contributed by atoms with Crippen molar-refractivity contribution in [1.82, 2.24) is 4.90 Å². The number of aromatic nitrogens is 1. The predicted octanol–water partition coefficient (Wildman–Crippen LogP) is 6.14. The lowest BCUT2D eigenvalue weighted by Crippen LogP contribution is -2.48. The fraction of sp³-hybridized carbons (Fsp3) is 0.357. The summed E-state index contributed by atoms with van der Waals surface area (Å²) >= 11 is 0. The lowest BCUT2D eigenvalue weighted by molar-refractivity contribution is -0.717. The summed E-state index contributed by atoms with van der Waals surface area (Å²) in [6.45, 7) is 11.1. The van der Waals surface area contributed by atoms with Gasteiger partial charge in [0.15, 0.2) is 18.1 Å². The monoisotopic (exact) mass is 428 g/mol. The Morgan fingerprint density at radius 3 is 2.72 bits per heavy atom. The first-order chi connectivity index (χ1) is 15.5. The number of hydrogen-bond acceptors (Lipinski definition) is 3. The van der Waals surface area contributed by atoms with Gasteiger partial charge in [0.2, 0.25) is 5.69 Å². The van der Waals surface area contributed by atoms with Gasteiger partial charge >= 0.3 is 0 Å². The van der Waals surface area contributed by atoms with Crippen molar-refractivity contribution in [2.75, 3.05) is 13.7 Å². The molecule has 4 heteroatoms. The van der Waals surface area contributed by atoms with Crippen molar-refractivity contribution in [2.45, 2.75) is 52.0 Å². The molecule has 0 saturated heterocycles. The Labute approximate surface area is 192 Å². The Hall–Kier alpha value is -3.14. The number of benzene rings is 1. The summed E-state index contributed by atoms with van der Waals surface area (Å²) in [4.78, 5) is 2.25. The van der Waals surface area contributed by atoms with Gasteiger partial charge in [0.1, 0.15) is 6.61 Å². The molecule has 1 aromatic heterocycles. The topological polar surface area (TPSA) is 40.2 Å². The number of likely N-dealkylation sites (N-methyl/N-ethyl adjacent to an activating group) is 1. The molecule has 0 radical (unpaired) electrons. The molecular weight excluding hydrogens is 394 g/mol. The van der Waals surface area contributed by atoms with Crippen LogP contribution in [-0.4, -0.2) is 24.5 Å². The molecule has 1 aromatic carbocycles. The fourth-order valence-corrected chi connectivity index (χ4v) is 5.38. The number of rotatable bonds is 3. The number of hydrogen-bond donors (Lipinski definition) is 1. The van der Waals surface area contributed by atoms with E-state index in [0.717, 1.165) is 30.7 Å². The van der Waals surface area contributed by atoms with Crippen LogP contribution < -0.4 is 4.57 Å². The van der Waals surface area contributed by atoms with Gasteiger partial charge in [0.05, 0.1) is 11.5 Å². The SMILES string of the molecule is C=C1C2c3ccccc3-c3cccc[n+]3C2CC/C(CC)=C(COC(C)=N)\C(=C\C)N1C. The first kappa shape index (κ1) is 22.1. The summed E-state index contributed by atoms with van der Waals surface area (Å²) in [6.07, 6.45) is 7.38. The maximum atomic E-state index is 7.79. The minimum Gasteiger partial charge on any atom is -0.477 e. The van der Waals surface area contributed by atoms with Gasteiger partial charge in [-0.3, -0.25) is 5.41 Å². The Kier molecular flexibility index (Phi) is 6.31. The molecule has 2 aliphatic rings. The second-order valence-electron chi connectivity index (χ2n) is 8.67. The van der Waals surface area contributed by atoms with Crippen molar-refractivity contribution in [3.63, 3.8) is 0 Å². The molecule has 4 nitrogen and oxygen atoms in total. The van der Waals surface area contributed by atoms with Crippen molar-refractivity contribution in [3.05, 3.63) is 89.4 Å². The van der Waals surface area contributed by atoms with Gasteiger partial charge in [-0.05, 0) is 37.5 Å². The molecule has 0 spiro atoms. The zero-order chi connectivity index (χ0) is 22.8. The quantitative estimate of drug-likeness (QED) is 0.362. The zero-order valence-corrected chi connectivity index (χ0v) is 19.7. The van der Waals surface area contributed by atoms with Gasteiger partial charge in [-0.15, -0.1) is 0 Å². The van der Waals surface area contributed by atoms with Gasteiger partial charge in [-0.2, -0.15) is 4.57 Å². The number of ether oxygens (including phenoxy) is 1. The highest BCUT2D eigenvalue weighted by Crippen LogP contribution is 2.46. The molecule has 0 bridgehead atoms. The van der Waals surface area contributed by atoms with Crippen LogP contribution >= 0.6 is 0 Å². The van der Waals surface area contributed by atoms with E-state index in [1.165, 1.54) is 28.0 Å². The van der Waals surface area contributed by atoms with Gasteiger partial charge in [0.25, 0.3) is 0 Å². The molecule has 32 heavy (non-hydrogen) atoms. The van der Waals surface area contributed by atoms with Crippen LogP contribution in [0.2, 0.25) is 0 Å². The molecule has 0 aliphatic carbocycles. The molecule has 0 saturated carbocycles. The smallest absolute Gasteiger partial charge is 0.213 e. The lowest BCUT2D eigenvalue weighted by atomic mass is 9.79. The van der Waals surface area contributed by atoms with E-state index in [-0.39, 0.29) is 11.8 Å². The van der Waals surface area contributed by atoms with Crippen molar-refractivity contribution < 1.29 is 9.30 Å². The molecule has 2 aliphatic heterocycles. The average Bonchev–Trinajstić information content (AvgIpc) is 2.85. The number of allylic oxidation sites excluding steroid dienone is 3. The van der Waals surface area contributed by atoms with Crippen LogP contribution in [0.4, 0.5) is 0 Å². The average molecular weight is 429 g/mol. The van der Waals surface area contributed by atoms with Crippen LogP contribution in [0.15, 0.2) is 83.9 Å². The van der Waals surface area contributed by atoms with Crippen molar-refractivity contribution >= 4 is 5.90 Å². The Morgan fingerprint density at radius 2 is 2.00 bits per heavy atom. The first-order valence-electron chi connectivity index (χ1n) is 11.5. The third kappa shape index (κ3) is 3.79. The van der Waals surface area contributed by atoms with E-state index in [4.69, 9.17) is 10.1 Å². The lowest BCUT2D eigenvalue weighted by Gasteiger charge is -2.36. The molecule has 2 aromatic rings. The maximum absolute atomic E-state index is 7.79. The second kappa shape index (κ2) is 9.15. The molecule has 0 amide bonds. The molecule has 4 rings (SSSR count). The minimum absolute atomic E-state index is 0.189. The van der Waals surface area contributed by atoms with E-state index in [9.17, 15) is 0 Å². The summed E-state index contributed by atoms with van der Waals surface area (Å²) in [5, 5.41) is 7.79. The Bertz CT molecular complexity index is 1110. The largest absolute Gasteiger partial charge is 0.477 e. The third-order valence-electron chi connectivity index (χ3n) is 6.97. The van der Waals surface area contributed by atoms with E-state index in [1.54, 1.807) is 6.92 Å². The summed E-state index contributed by atoms with van der Waals surface area (Å²) in [5.74, 6) is 0.436. The van der Waals surface area contributed by atoms with E-state index in [1.807, 2.05) is 0 Å². The maximum Gasteiger partial charge on any atom is 0.213 e. The highest BCUT2D eigenvalue weighted by molar-refractivity contribution is 5.69. The molecule has 2 unspecified atom stereocenters. The van der Waals surface area contributed by atoms with Gasteiger partial charge in [-0.25, -0.2) is 0 Å². The summed E-state index contributed by atoms with van der Waals surface area (Å²) in [5.41, 5.74) is 8.73. The van der Waals surface area contributed by atoms with Crippen LogP contribution in [0.5, 0.6) is 0 Å². The number of nitrogens with one attached hydrogen (secondary N) is 1. The first-order valence-corrected chi connectivity index (χ1v) is 11.5. The van der Waals surface area contributed by atoms with E-state index in [2.05, 4.69) is 91.7 Å². The van der Waals surface area contributed by atoms with Crippen LogP contribution in [0.3, 0.4) is 0 Å². The fourth-order valence-electron chi connectivity index (χ4n) is 5.38. The molecule has 1 N–H and O–H groups in total. The van der Waals surface area contributed by atoms with E-state index in [0.29, 0.717) is 12.6 Å². The van der Waals surface area contributed by atoms with Crippen LogP contribution in [-0.2, 0) is 4.74 Å². The number of fused-ring (bicyclic) bond motifs is 6. The van der Waals surface area contributed by atoms with Crippen LogP contribution in [0, 0.1) is 5.41 Å². The highest BCUT2D eigenvalue weighted by atomic mass is 16.5. The van der Waals surface area contributed by atoms with Crippen LogP contribution in [0.1, 0.15) is 57.6 Å². The zero-order valence-electron chi connectivity index (χ0n) is 19.7. The second-order valence-corrected chi connectivity index (χ2v) is 8.67. The van der Waals surface area contributed by atoms with E-state index >= 15 is 0 Å². The third-order valence-corrected chi connectivity index (χ3v) is 6.97. The Balaban J connectivity index is 1.88. The van der Waals surface area contributed by atoms with Crippen molar-refractivity contribution in [1.29, 1.82) is 5.41 Å². The molecule has 2 atom stereocenters. The summed E-state index contributed by atoms with van der Waals surface area (Å²) in [6, 6.07) is 15.6. The minimum atomic E-state index is 0.189.